The van der Waals surface area contributed by atoms with E-state index < -0.39 is 0 Å². The summed E-state index contributed by atoms with van der Waals surface area (Å²) in [5.74, 6) is 0.398. The molecule has 0 bridgehead atoms. The molecule has 0 aromatic heterocycles. The summed E-state index contributed by atoms with van der Waals surface area (Å²) in [5.41, 5.74) is 0.987. The molecule has 2 aromatic rings. The predicted octanol–water partition coefficient (Wildman–Crippen LogP) is 4.78. The minimum absolute atomic E-state index is 0.113. The lowest BCUT2D eigenvalue weighted by Crippen LogP contribution is -1.94. The molecule has 98 valence electrons. The second-order valence-corrected chi connectivity index (χ2v) is 4.62. The van der Waals surface area contributed by atoms with E-state index >= 15 is 0 Å². The normalized spacial score (nSPS) is 10.3. The molecule has 2 rings (SSSR count). The standard InChI is InChI=1S/C15H12ClFO2/c1-9-3-4-12(8-15(9)17)19-11-5-6-13(10(2)18)14(16)7-11/h3-8H,1-2H3. The van der Waals surface area contributed by atoms with Crippen LogP contribution < -0.4 is 4.74 Å². The molecule has 0 aliphatic heterocycles. The highest BCUT2D eigenvalue weighted by Crippen LogP contribution is 2.27. The number of hydrogen-bond donors (Lipinski definition) is 0. The van der Waals surface area contributed by atoms with Gasteiger partial charge in [0, 0.05) is 17.7 Å². The predicted molar refractivity (Wildman–Crippen MR) is 72.7 cm³/mol. The molecule has 4 heteroatoms. The molecule has 0 fully saturated rings. The van der Waals surface area contributed by atoms with E-state index in [4.69, 9.17) is 16.3 Å². The van der Waals surface area contributed by atoms with Crippen molar-refractivity contribution in [3.8, 4) is 11.5 Å². The Bertz CT molecular complexity index is 638. The quantitative estimate of drug-likeness (QED) is 0.755. The lowest BCUT2D eigenvalue weighted by molar-refractivity contribution is 0.101. The molecule has 0 aliphatic carbocycles. The van der Waals surface area contributed by atoms with Gasteiger partial charge >= 0.3 is 0 Å². The Morgan fingerprint density at radius 1 is 1.16 bits per heavy atom. The average Bonchev–Trinajstić information content (AvgIpc) is 2.33. The number of carbonyl (C=O) groups excluding carboxylic acids is 1. The van der Waals surface area contributed by atoms with E-state index in [2.05, 4.69) is 0 Å². The fraction of sp³-hybridized carbons (Fsp3) is 0.133. The molecule has 0 N–H and O–H groups in total. The molecule has 0 saturated carbocycles. The number of hydrogen-bond acceptors (Lipinski definition) is 2. The third kappa shape index (κ3) is 3.12. The van der Waals surface area contributed by atoms with Crippen LogP contribution in [0.15, 0.2) is 36.4 Å². The van der Waals surface area contributed by atoms with Crippen molar-refractivity contribution in [1.29, 1.82) is 0 Å². The topological polar surface area (TPSA) is 26.3 Å². The highest BCUT2D eigenvalue weighted by atomic mass is 35.5. The zero-order chi connectivity index (χ0) is 14.0. The molecule has 0 amide bonds. The van der Waals surface area contributed by atoms with Crippen molar-refractivity contribution < 1.29 is 13.9 Å². The smallest absolute Gasteiger partial charge is 0.161 e. The lowest BCUT2D eigenvalue weighted by atomic mass is 10.1. The van der Waals surface area contributed by atoms with Crippen molar-refractivity contribution in [3.63, 3.8) is 0 Å². The zero-order valence-corrected chi connectivity index (χ0v) is 11.3. The first-order valence-electron chi connectivity index (χ1n) is 5.72. The number of aryl methyl sites for hydroxylation is 1. The fourth-order valence-corrected chi connectivity index (χ4v) is 1.92. The number of ether oxygens (including phenoxy) is 1. The highest BCUT2D eigenvalue weighted by Gasteiger charge is 2.08. The van der Waals surface area contributed by atoms with E-state index in [0.717, 1.165) is 0 Å². The monoisotopic (exact) mass is 278 g/mol. The van der Waals surface area contributed by atoms with Crippen molar-refractivity contribution in [2.24, 2.45) is 0 Å². The molecule has 0 radical (unpaired) electrons. The number of halogens is 2. The molecule has 0 heterocycles. The van der Waals surface area contributed by atoms with Crippen LogP contribution in [0.3, 0.4) is 0 Å². The first-order chi connectivity index (χ1) is 8.97. The summed E-state index contributed by atoms with van der Waals surface area (Å²) in [7, 11) is 0. The van der Waals surface area contributed by atoms with Gasteiger partial charge in [0.25, 0.3) is 0 Å². The van der Waals surface area contributed by atoms with Crippen molar-refractivity contribution in [2.45, 2.75) is 13.8 Å². The Balaban J connectivity index is 2.26. The minimum Gasteiger partial charge on any atom is -0.457 e. The molecule has 0 atom stereocenters. The van der Waals surface area contributed by atoms with Crippen LogP contribution in [0.1, 0.15) is 22.8 Å². The highest BCUT2D eigenvalue weighted by molar-refractivity contribution is 6.34. The van der Waals surface area contributed by atoms with Crippen molar-refractivity contribution in [2.75, 3.05) is 0 Å². The van der Waals surface area contributed by atoms with Crippen LogP contribution in [0.5, 0.6) is 11.5 Å². The maximum Gasteiger partial charge on any atom is 0.161 e. The third-order valence-corrected chi connectivity index (χ3v) is 3.01. The Labute approximate surface area is 115 Å². The number of ketones is 1. The Hall–Kier alpha value is -1.87. The van der Waals surface area contributed by atoms with Gasteiger partial charge in [-0.15, -0.1) is 0 Å². The summed E-state index contributed by atoms with van der Waals surface area (Å²) < 4.78 is 18.9. The summed E-state index contributed by atoms with van der Waals surface area (Å²) >= 11 is 5.97. The van der Waals surface area contributed by atoms with Crippen molar-refractivity contribution in [3.05, 3.63) is 58.4 Å². The van der Waals surface area contributed by atoms with E-state index in [-0.39, 0.29) is 11.6 Å². The summed E-state index contributed by atoms with van der Waals surface area (Å²) in [6.07, 6.45) is 0. The van der Waals surface area contributed by atoms with E-state index in [0.29, 0.717) is 27.6 Å². The molecule has 0 spiro atoms. The number of carbonyl (C=O) groups is 1. The minimum atomic E-state index is -0.330. The molecular weight excluding hydrogens is 267 g/mol. The van der Waals surface area contributed by atoms with Gasteiger partial charge in [0.05, 0.1) is 5.02 Å². The van der Waals surface area contributed by atoms with E-state index in [1.165, 1.54) is 19.1 Å². The van der Waals surface area contributed by atoms with E-state index in [1.807, 2.05) is 0 Å². The van der Waals surface area contributed by atoms with Gasteiger partial charge in [0.2, 0.25) is 0 Å². The average molecular weight is 279 g/mol. The molecule has 2 nitrogen and oxygen atoms in total. The summed E-state index contributed by atoms with van der Waals surface area (Å²) in [5, 5.41) is 0.317. The maximum atomic E-state index is 13.4. The summed E-state index contributed by atoms with van der Waals surface area (Å²) in [4.78, 5) is 11.2. The Kier molecular flexibility index (Phi) is 3.86. The van der Waals surface area contributed by atoms with Gasteiger partial charge in [-0.2, -0.15) is 0 Å². The maximum absolute atomic E-state index is 13.4. The fourth-order valence-electron chi connectivity index (χ4n) is 1.62. The van der Waals surface area contributed by atoms with E-state index in [1.54, 1.807) is 31.2 Å². The largest absolute Gasteiger partial charge is 0.457 e. The van der Waals surface area contributed by atoms with Gasteiger partial charge < -0.3 is 4.74 Å². The van der Waals surface area contributed by atoms with Crippen LogP contribution in [0.2, 0.25) is 5.02 Å². The van der Waals surface area contributed by atoms with Crippen molar-refractivity contribution in [1.82, 2.24) is 0 Å². The zero-order valence-electron chi connectivity index (χ0n) is 10.5. The molecule has 0 unspecified atom stereocenters. The third-order valence-electron chi connectivity index (χ3n) is 2.70. The van der Waals surface area contributed by atoms with Crippen LogP contribution in [0.4, 0.5) is 4.39 Å². The Morgan fingerprint density at radius 2 is 1.79 bits per heavy atom. The Morgan fingerprint density at radius 3 is 2.37 bits per heavy atom. The second-order valence-electron chi connectivity index (χ2n) is 4.21. The number of benzene rings is 2. The molecule has 19 heavy (non-hydrogen) atoms. The second kappa shape index (κ2) is 5.41. The number of rotatable bonds is 3. The van der Waals surface area contributed by atoms with Crippen LogP contribution in [0.25, 0.3) is 0 Å². The lowest BCUT2D eigenvalue weighted by Gasteiger charge is -2.08. The van der Waals surface area contributed by atoms with Crippen LogP contribution in [0, 0.1) is 12.7 Å². The van der Waals surface area contributed by atoms with Gasteiger partial charge in [-0.25, -0.2) is 4.39 Å². The first-order valence-corrected chi connectivity index (χ1v) is 6.09. The van der Waals surface area contributed by atoms with E-state index in [9.17, 15) is 9.18 Å². The van der Waals surface area contributed by atoms with Crippen LogP contribution in [-0.4, -0.2) is 5.78 Å². The molecular formula is C15H12ClFO2. The van der Waals surface area contributed by atoms with Crippen LogP contribution >= 0.6 is 11.6 Å². The summed E-state index contributed by atoms with van der Waals surface area (Å²) in [6.45, 7) is 3.12. The van der Waals surface area contributed by atoms with Gasteiger partial charge in [0.15, 0.2) is 5.78 Å². The van der Waals surface area contributed by atoms with Crippen LogP contribution in [-0.2, 0) is 0 Å². The van der Waals surface area contributed by atoms with Gasteiger partial charge in [-0.1, -0.05) is 17.7 Å². The number of Topliss-reactive ketones (excluding diaryl/α,β-unsaturated/α-hetero) is 1. The SMILES string of the molecule is CC(=O)c1ccc(Oc2ccc(C)c(F)c2)cc1Cl. The summed E-state index contributed by atoms with van der Waals surface area (Å²) in [6, 6.07) is 9.37. The molecule has 0 saturated heterocycles. The van der Waals surface area contributed by atoms with Gasteiger partial charge in [-0.05, 0) is 37.6 Å². The van der Waals surface area contributed by atoms with Crippen molar-refractivity contribution >= 4 is 17.4 Å². The molecule has 0 aliphatic rings. The van der Waals surface area contributed by atoms with Gasteiger partial charge in [-0.3, -0.25) is 4.79 Å². The molecule has 2 aromatic carbocycles. The first kappa shape index (κ1) is 13.6. The van der Waals surface area contributed by atoms with Gasteiger partial charge in [0.1, 0.15) is 17.3 Å².